The predicted octanol–water partition coefficient (Wildman–Crippen LogP) is 6.06. The number of nitrogens with zero attached hydrogens (tertiary/aromatic N) is 3. The molecular formula is C26H25ClN6. The molecule has 2 aromatic carbocycles. The summed E-state index contributed by atoms with van der Waals surface area (Å²) in [4.78, 5) is 12.8. The van der Waals surface area contributed by atoms with Crippen molar-refractivity contribution in [1.82, 2.24) is 30.5 Å². The number of nitrogens with one attached hydrogen (secondary N) is 3. The van der Waals surface area contributed by atoms with Gasteiger partial charge in [-0.1, -0.05) is 36.7 Å². The molecule has 0 spiro atoms. The molecule has 0 radical (unpaired) electrons. The van der Waals surface area contributed by atoms with Crippen LogP contribution in [0.4, 0.5) is 0 Å². The second-order valence-electron chi connectivity index (χ2n) is 8.15. The average Bonchev–Trinajstić information content (AvgIpc) is 3.42. The van der Waals surface area contributed by atoms with Crippen LogP contribution < -0.4 is 5.32 Å². The van der Waals surface area contributed by atoms with Crippen LogP contribution in [0.1, 0.15) is 23.7 Å². The first kappa shape index (κ1) is 21.4. The molecule has 5 aromatic rings. The fourth-order valence-corrected chi connectivity index (χ4v) is 4.25. The quantitative estimate of drug-likeness (QED) is 0.290. The van der Waals surface area contributed by atoms with E-state index in [2.05, 4.69) is 57.5 Å². The third-order valence-corrected chi connectivity index (χ3v) is 6.24. The van der Waals surface area contributed by atoms with Crippen LogP contribution in [0, 0.1) is 13.8 Å². The van der Waals surface area contributed by atoms with Crippen LogP contribution in [0.15, 0.2) is 54.9 Å². The monoisotopic (exact) mass is 456 g/mol. The lowest BCUT2D eigenvalue weighted by molar-refractivity contribution is 0.721. The number of aromatic nitrogens is 5. The van der Waals surface area contributed by atoms with Crippen molar-refractivity contribution in [1.29, 1.82) is 0 Å². The van der Waals surface area contributed by atoms with Gasteiger partial charge in [0.05, 0.1) is 11.2 Å². The van der Waals surface area contributed by atoms with Gasteiger partial charge in [-0.2, -0.15) is 5.10 Å². The molecule has 0 fully saturated rings. The molecule has 0 bridgehead atoms. The van der Waals surface area contributed by atoms with Crippen LogP contribution in [0.2, 0.25) is 5.02 Å². The van der Waals surface area contributed by atoms with Crippen molar-refractivity contribution in [3.05, 3.63) is 76.7 Å². The van der Waals surface area contributed by atoms with Crippen LogP contribution in [0.25, 0.3) is 44.8 Å². The van der Waals surface area contributed by atoms with Crippen molar-refractivity contribution in [2.24, 2.45) is 0 Å². The molecule has 6 nitrogen and oxygen atoms in total. The molecule has 0 atom stereocenters. The third kappa shape index (κ3) is 4.03. The molecule has 0 unspecified atom stereocenters. The van der Waals surface area contributed by atoms with E-state index in [1.165, 1.54) is 11.1 Å². The minimum Gasteiger partial charge on any atom is -0.340 e. The van der Waals surface area contributed by atoms with E-state index in [0.717, 1.165) is 63.6 Å². The molecule has 3 heterocycles. The molecule has 33 heavy (non-hydrogen) atoms. The molecule has 0 aliphatic carbocycles. The van der Waals surface area contributed by atoms with E-state index in [-0.39, 0.29) is 0 Å². The average molecular weight is 457 g/mol. The fraction of sp³-hybridized carbons (Fsp3) is 0.192. The normalized spacial score (nSPS) is 11.4. The number of hydrogen-bond donors (Lipinski definition) is 3. The van der Waals surface area contributed by atoms with E-state index in [4.69, 9.17) is 16.6 Å². The Morgan fingerprint density at radius 1 is 0.970 bits per heavy atom. The van der Waals surface area contributed by atoms with Gasteiger partial charge in [-0.15, -0.1) is 0 Å². The van der Waals surface area contributed by atoms with Gasteiger partial charge in [0.25, 0.3) is 0 Å². The van der Waals surface area contributed by atoms with E-state index >= 15 is 0 Å². The number of pyridine rings is 1. The van der Waals surface area contributed by atoms with Crippen molar-refractivity contribution in [2.45, 2.75) is 27.3 Å². The van der Waals surface area contributed by atoms with Gasteiger partial charge in [0.1, 0.15) is 5.69 Å². The number of H-pyrrole nitrogens is 2. The van der Waals surface area contributed by atoms with Gasteiger partial charge < -0.3 is 10.3 Å². The van der Waals surface area contributed by atoms with E-state index in [9.17, 15) is 0 Å². The van der Waals surface area contributed by atoms with Gasteiger partial charge in [-0.3, -0.25) is 10.1 Å². The predicted molar refractivity (Wildman–Crippen MR) is 134 cm³/mol. The summed E-state index contributed by atoms with van der Waals surface area (Å²) in [5.41, 5.74) is 9.31. The second kappa shape index (κ2) is 8.81. The Labute approximate surface area is 197 Å². The van der Waals surface area contributed by atoms with Crippen LogP contribution in [0.5, 0.6) is 0 Å². The highest BCUT2D eigenvalue weighted by molar-refractivity contribution is 6.30. The van der Waals surface area contributed by atoms with Gasteiger partial charge >= 0.3 is 0 Å². The Balaban J connectivity index is 1.57. The molecule has 0 aliphatic heterocycles. The van der Waals surface area contributed by atoms with Crippen molar-refractivity contribution in [3.63, 3.8) is 0 Å². The fourth-order valence-electron chi connectivity index (χ4n) is 4.12. The lowest BCUT2D eigenvalue weighted by Gasteiger charge is -2.11. The smallest absolute Gasteiger partial charge is 0.159 e. The van der Waals surface area contributed by atoms with Gasteiger partial charge in [-0.25, -0.2) is 4.98 Å². The molecule has 0 amide bonds. The van der Waals surface area contributed by atoms with Gasteiger partial charge in [0, 0.05) is 46.2 Å². The summed E-state index contributed by atoms with van der Waals surface area (Å²) in [6, 6.07) is 14.0. The molecule has 3 aromatic heterocycles. The molecule has 7 heteroatoms. The van der Waals surface area contributed by atoms with Crippen LogP contribution in [0.3, 0.4) is 0 Å². The highest BCUT2D eigenvalue weighted by Crippen LogP contribution is 2.33. The highest BCUT2D eigenvalue weighted by atomic mass is 35.5. The topological polar surface area (TPSA) is 82.3 Å². The van der Waals surface area contributed by atoms with Gasteiger partial charge in [0.15, 0.2) is 5.82 Å². The van der Waals surface area contributed by atoms with Crippen LogP contribution in [-0.4, -0.2) is 31.7 Å². The lowest BCUT2D eigenvalue weighted by Crippen LogP contribution is -2.13. The number of rotatable bonds is 6. The largest absolute Gasteiger partial charge is 0.340 e. The molecule has 0 saturated carbocycles. The molecule has 0 aliphatic rings. The molecule has 0 saturated heterocycles. The zero-order chi connectivity index (χ0) is 22.9. The van der Waals surface area contributed by atoms with E-state index < -0.39 is 0 Å². The lowest BCUT2D eigenvalue weighted by atomic mass is 9.98. The first-order valence-corrected chi connectivity index (χ1v) is 11.4. The van der Waals surface area contributed by atoms with Crippen LogP contribution in [-0.2, 0) is 6.54 Å². The number of benzene rings is 2. The number of aromatic amines is 2. The summed E-state index contributed by atoms with van der Waals surface area (Å²) in [6.45, 7) is 8.01. The molecule has 5 rings (SSSR count). The standard InChI is InChI=1S/C26H25ClN6/c1-4-28-12-19-13-29-14-22(15(19)2)18-7-10-23-21(11-18)25(33-32-23)26-30-16(3)24(31-26)17-5-8-20(27)9-6-17/h5-11,13-14,28H,4,12H2,1-3H3,(H,30,31)(H,32,33). The Morgan fingerprint density at radius 2 is 1.76 bits per heavy atom. The van der Waals surface area contributed by atoms with E-state index in [1.54, 1.807) is 0 Å². The minimum atomic E-state index is 0.706. The number of imidazole rings is 1. The SMILES string of the molecule is CCNCc1cncc(-c2ccc3[nH]nc(-c4nc(-c5ccc(Cl)cc5)c(C)[nH]4)c3c2)c1C. The molecular weight excluding hydrogens is 432 g/mol. The summed E-state index contributed by atoms with van der Waals surface area (Å²) in [6.07, 6.45) is 3.87. The summed E-state index contributed by atoms with van der Waals surface area (Å²) < 4.78 is 0. The second-order valence-corrected chi connectivity index (χ2v) is 8.59. The Kier molecular flexibility index (Phi) is 5.70. The molecule has 3 N–H and O–H groups in total. The number of aryl methyl sites for hydroxylation is 1. The summed E-state index contributed by atoms with van der Waals surface area (Å²) in [5, 5.41) is 12.8. The third-order valence-electron chi connectivity index (χ3n) is 5.99. The highest BCUT2D eigenvalue weighted by Gasteiger charge is 2.17. The van der Waals surface area contributed by atoms with Crippen molar-refractivity contribution >= 4 is 22.5 Å². The van der Waals surface area contributed by atoms with Gasteiger partial charge in [-0.05, 0) is 61.3 Å². The van der Waals surface area contributed by atoms with E-state index in [1.807, 2.05) is 43.6 Å². The number of halogens is 1. The maximum atomic E-state index is 6.05. The van der Waals surface area contributed by atoms with Crippen molar-refractivity contribution < 1.29 is 0 Å². The van der Waals surface area contributed by atoms with E-state index in [0.29, 0.717) is 5.02 Å². The maximum Gasteiger partial charge on any atom is 0.159 e. The summed E-state index contributed by atoms with van der Waals surface area (Å²) >= 11 is 6.05. The number of fused-ring (bicyclic) bond motifs is 1. The molecule has 166 valence electrons. The first-order valence-electron chi connectivity index (χ1n) is 11.0. The Morgan fingerprint density at radius 3 is 2.55 bits per heavy atom. The summed E-state index contributed by atoms with van der Waals surface area (Å²) in [7, 11) is 0. The Bertz CT molecular complexity index is 1430. The Hall–Kier alpha value is -3.48. The van der Waals surface area contributed by atoms with Crippen molar-refractivity contribution in [3.8, 4) is 33.9 Å². The number of hydrogen-bond acceptors (Lipinski definition) is 4. The maximum absolute atomic E-state index is 6.05. The van der Waals surface area contributed by atoms with Gasteiger partial charge in [0.2, 0.25) is 0 Å². The summed E-state index contributed by atoms with van der Waals surface area (Å²) in [5.74, 6) is 0.733. The van der Waals surface area contributed by atoms with Crippen LogP contribution >= 0.6 is 11.6 Å². The zero-order valence-electron chi connectivity index (χ0n) is 18.8. The first-order chi connectivity index (χ1) is 16.0. The zero-order valence-corrected chi connectivity index (χ0v) is 19.6. The van der Waals surface area contributed by atoms with Crippen molar-refractivity contribution in [2.75, 3.05) is 6.54 Å². The minimum absolute atomic E-state index is 0.706.